The monoisotopic (exact) mass is 374 g/mol. The molecule has 2 rings (SSSR count). The summed E-state index contributed by atoms with van der Waals surface area (Å²) in [6.45, 7) is 3.64. The van der Waals surface area contributed by atoms with Crippen molar-refractivity contribution in [1.82, 2.24) is 0 Å². The SMILES string of the molecule is COc1ccc(C(=O)CC[PH](=O)C(=O)c2c(C)cccc2C)c(OC)c1. The highest BCUT2D eigenvalue weighted by molar-refractivity contribution is 7.64. The lowest BCUT2D eigenvalue weighted by Gasteiger charge is -2.10. The second kappa shape index (κ2) is 8.81. The molecule has 26 heavy (non-hydrogen) atoms. The third kappa shape index (κ3) is 4.41. The van der Waals surface area contributed by atoms with Crippen LogP contribution in [0.15, 0.2) is 36.4 Å². The molecule has 0 aromatic heterocycles. The predicted octanol–water partition coefficient (Wildman–Crippen LogP) is 4.29. The minimum absolute atomic E-state index is 0.0250. The van der Waals surface area contributed by atoms with Crippen LogP contribution in [0.1, 0.15) is 38.3 Å². The Labute approximate surface area is 154 Å². The van der Waals surface area contributed by atoms with Gasteiger partial charge in [-0.25, -0.2) is 0 Å². The van der Waals surface area contributed by atoms with Crippen molar-refractivity contribution in [2.24, 2.45) is 0 Å². The number of ketones is 1. The van der Waals surface area contributed by atoms with Crippen molar-refractivity contribution in [3.63, 3.8) is 0 Å². The van der Waals surface area contributed by atoms with Crippen LogP contribution in [0.3, 0.4) is 0 Å². The highest BCUT2D eigenvalue weighted by atomic mass is 31.1. The summed E-state index contributed by atoms with van der Waals surface area (Å²) in [6.07, 6.45) is 0.0719. The summed E-state index contributed by atoms with van der Waals surface area (Å²) in [7, 11) is 0.427. The summed E-state index contributed by atoms with van der Waals surface area (Å²) >= 11 is 0. The molecule has 0 fully saturated rings. The van der Waals surface area contributed by atoms with E-state index in [0.717, 1.165) is 11.1 Å². The summed E-state index contributed by atoms with van der Waals surface area (Å²) in [4.78, 5) is 25.0. The van der Waals surface area contributed by atoms with E-state index in [4.69, 9.17) is 9.47 Å². The second-order valence-electron chi connectivity index (χ2n) is 6.01. The van der Waals surface area contributed by atoms with Gasteiger partial charge in [-0.05, 0) is 37.1 Å². The molecule has 2 aromatic carbocycles. The van der Waals surface area contributed by atoms with Crippen LogP contribution in [0.25, 0.3) is 0 Å². The topological polar surface area (TPSA) is 69.7 Å². The van der Waals surface area contributed by atoms with Crippen molar-refractivity contribution in [3.8, 4) is 11.5 Å². The molecule has 1 unspecified atom stereocenters. The number of rotatable bonds is 8. The van der Waals surface area contributed by atoms with Crippen molar-refractivity contribution >= 4 is 19.1 Å². The van der Waals surface area contributed by atoms with E-state index in [9.17, 15) is 14.2 Å². The number of methoxy groups -OCH3 is 2. The van der Waals surface area contributed by atoms with Crippen molar-refractivity contribution in [2.75, 3.05) is 20.4 Å². The van der Waals surface area contributed by atoms with Gasteiger partial charge in [-0.3, -0.25) is 9.59 Å². The zero-order valence-corrected chi connectivity index (χ0v) is 16.4. The van der Waals surface area contributed by atoms with Crippen LogP contribution in [0.2, 0.25) is 0 Å². The average Bonchev–Trinajstić information content (AvgIpc) is 2.64. The van der Waals surface area contributed by atoms with Gasteiger partial charge in [0.25, 0.3) is 0 Å². The van der Waals surface area contributed by atoms with Gasteiger partial charge in [-0.2, -0.15) is 0 Å². The van der Waals surface area contributed by atoms with E-state index in [1.165, 1.54) is 14.2 Å². The van der Waals surface area contributed by atoms with E-state index >= 15 is 0 Å². The number of Topliss-reactive ketones (excluding diaryl/α,β-unsaturated/α-hetero) is 1. The zero-order chi connectivity index (χ0) is 19.3. The third-order valence-electron chi connectivity index (χ3n) is 4.25. The minimum Gasteiger partial charge on any atom is -0.497 e. The number of carbonyl (C=O) groups is 2. The third-order valence-corrected chi connectivity index (χ3v) is 5.71. The van der Waals surface area contributed by atoms with Crippen LogP contribution in [0, 0.1) is 13.8 Å². The molecule has 0 bridgehead atoms. The van der Waals surface area contributed by atoms with Crippen LogP contribution in [0.4, 0.5) is 0 Å². The van der Waals surface area contributed by atoms with E-state index in [0.29, 0.717) is 22.6 Å². The van der Waals surface area contributed by atoms with E-state index in [2.05, 4.69) is 0 Å². The van der Waals surface area contributed by atoms with Gasteiger partial charge in [0.05, 0.1) is 19.8 Å². The molecule has 0 aliphatic rings. The highest BCUT2D eigenvalue weighted by Crippen LogP contribution is 2.32. The van der Waals surface area contributed by atoms with Gasteiger partial charge in [-0.1, -0.05) is 18.2 Å². The highest BCUT2D eigenvalue weighted by Gasteiger charge is 2.21. The van der Waals surface area contributed by atoms with Crippen LogP contribution >= 0.6 is 7.80 Å². The Morgan fingerprint density at radius 1 is 1.00 bits per heavy atom. The van der Waals surface area contributed by atoms with Crippen LogP contribution in [-0.2, 0) is 4.57 Å². The van der Waals surface area contributed by atoms with E-state index in [1.807, 2.05) is 32.0 Å². The Hall–Kier alpha value is -2.39. The molecule has 0 heterocycles. The summed E-state index contributed by atoms with van der Waals surface area (Å²) in [5, 5.41) is 0. The Kier molecular flexibility index (Phi) is 6.76. The van der Waals surface area contributed by atoms with Gasteiger partial charge >= 0.3 is 0 Å². The summed E-state index contributed by atoms with van der Waals surface area (Å²) in [5.74, 6) is 0.768. The Morgan fingerprint density at radius 3 is 2.23 bits per heavy atom. The molecular weight excluding hydrogens is 351 g/mol. The van der Waals surface area contributed by atoms with Crippen molar-refractivity contribution < 1.29 is 23.6 Å². The first-order valence-electron chi connectivity index (χ1n) is 8.28. The maximum absolute atomic E-state index is 12.5. The number of hydrogen-bond acceptors (Lipinski definition) is 5. The van der Waals surface area contributed by atoms with Crippen LogP contribution in [-0.4, -0.2) is 31.7 Å². The molecule has 138 valence electrons. The molecule has 0 radical (unpaired) electrons. The summed E-state index contributed by atoms with van der Waals surface area (Å²) in [6, 6.07) is 10.4. The molecule has 0 spiro atoms. The number of ether oxygens (including phenoxy) is 2. The fourth-order valence-electron chi connectivity index (χ4n) is 2.82. The number of carbonyl (C=O) groups excluding carboxylic acids is 2. The maximum atomic E-state index is 12.5. The Bertz CT molecular complexity index is 837. The first-order valence-corrected chi connectivity index (χ1v) is 9.89. The zero-order valence-electron chi connectivity index (χ0n) is 15.4. The lowest BCUT2D eigenvalue weighted by molar-refractivity contribution is 0.0986. The minimum atomic E-state index is -2.57. The fourth-order valence-corrected chi connectivity index (χ4v) is 4.17. The molecular formula is C20H23O5P. The molecule has 1 atom stereocenters. The van der Waals surface area contributed by atoms with Gasteiger partial charge in [0.15, 0.2) is 5.78 Å². The molecule has 0 aliphatic heterocycles. The predicted molar refractivity (Wildman–Crippen MR) is 103 cm³/mol. The molecule has 0 saturated heterocycles. The normalized spacial score (nSPS) is 11.7. The van der Waals surface area contributed by atoms with E-state index < -0.39 is 7.80 Å². The number of benzene rings is 2. The lowest BCUT2D eigenvalue weighted by Crippen LogP contribution is -2.06. The first kappa shape index (κ1) is 19.9. The maximum Gasteiger partial charge on any atom is 0.219 e. The van der Waals surface area contributed by atoms with Crippen molar-refractivity contribution in [1.29, 1.82) is 0 Å². The quantitative estimate of drug-likeness (QED) is 0.509. The largest absolute Gasteiger partial charge is 0.497 e. The molecule has 0 N–H and O–H groups in total. The molecule has 0 saturated carbocycles. The smallest absolute Gasteiger partial charge is 0.219 e. The molecule has 0 amide bonds. The van der Waals surface area contributed by atoms with Gasteiger partial charge in [0.2, 0.25) is 5.52 Å². The van der Waals surface area contributed by atoms with Gasteiger partial charge in [-0.15, -0.1) is 0 Å². The summed E-state index contributed by atoms with van der Waals surface area (Å²) < 4.78 is 22.8. The second-order valence-corrected chi connectivity index (χ2v) is 7.81. The molecule has 5 nitrogen and oxygen atoms in total. The molecule has 0 aliphatic carbocycles. The van der Waals surface area contributed by atoms with Gasteiger partial charge < -0.3 is 14.0 Å². The Balaban J connectivity index is 2.10. The fraction of sp³-hybridized carbons (Fsp3) is 0.300. The van der Waals surface area contributed by atoms with Crippen LogP contribution in [0.5, 0.6) is 11.5 Å². The standard InChI is InChI=1S/C20H23O5P/c1-13-6-5-7-14(2)19(13)20(22)26(23)11-10-17(21)16-9-8-15(24-3)12-18(16)25-4/h5-9,12,26H,10-11H2,1-4H3. The number of hydrogen-bond donors (Lipinski definition) is 0. The van der Waals surface area contributed by atoms with Crippen molar-refractivity contribution in [3.05, 3.63) is 58.7 Å². The van der Waals surface area contributed by atoms with E-state index in [-0.39, 0.29) is 23.9 Å². The van der Waals surface area contributed by atoms with E-state index in [1.54, 1.807) is 18.2 Å². The Morgan fingerprint density at radius 2 is 1.65 bits per heavy atom. The van der Waals surface area contributed by atoms with Crippen LogP contribution < -0.4 is 9.47 Å². The van der Waals surface area contributed by atoms with Gasteiger partial charge in [0, 0.05) is 24.2 Å². The molecule has 2 aromatic rings. The first-order chi connectivity index (χ1) is 12.4. The molecule has 6 heteroatoms. The summed E-state index contributed by atoms with van der Waals surface area (Å²) in [5.41, 5.74) is 2.14. The average molecular weight is 374 g/mol. The van der Waals surface area contributed by atoms with Crippen molar-refractivity contribution in [2.45, 2.75) is 20.3 Å². The number of aryl methyl sites for hydroxylation is 2. The lowest BCUT2D eigenvalue weighted by atomic mass is 10.0. The van der Waals surface area contributed by atoms with Gasteiger partial charge in [0.1, 0.15) is 19.3 Å².